The smallest absolute Gasteiger partial charge is 0.230 e. The summed E-state index contributed by atoms with van der Waals surface area (Å²) in [5, 5.41) is 4.68. The lowest BCUT2D eigenvalue weighted by Gasteiger charge is -2.17. The van der Waals surface area contributed by atoms with E-state index in [0.29, 0.717) is 10.8 Å². The lowest BCUT2D eigenvalue weighted by atomic mass is 9.87. The number of hydrogen-bond donors (Lipinski definition) is 1. The molecule has 1 aromatic carbocycles. The molecule has 0 saturated carbocycles. The Morgan fingerprint density at radius 2 is 2.00 bits per heavy atom. The first-order valence-corrected chi connectivity index (χ1v) is 6.32. The Kier molecular flexibility index (Phi) is 3.45. The van der Waals surface area contributed by atoms with Gasteiger partial charge >= 0.3 is 0 Å². The van der Waals surface area contributed by atoms with Gasteiger partial charge in [-0.05, 0) is 18.2 Å². The standard InChI is InChI=1S/C14H17ClN2O2/c1-14(2,3)12-11(13(16)19-17-12)9-7-8(15)5-6-10(9)18-4/h5-7H,16H2,1-4H3. The van der Waals surface area contributed by atoms with E-state index in [-0.39, 0.29) is 11.3 Å². The fourth-order valence-corrected chi connectivity index (χ4v) is 2.12. The minimum atomic E-state index is -0.191. The molecule has 0 saturated heterocycles. The number of nitrogen functional groups attached to an aromatic ring is 1. The number of benzene rings is 1. The van der Waals surface area contributed by atoms with Gasteiger partial charge in [-0.1, -0.05) is 37.5 Å². The largest absolute Gasteiger partial charge is 0.496 e. The number of hydrogen-bond acceptors (Lipinski definition) is 4. The Morgan fingerprint density at radius 1 is 1.32 bits per heavy atom. The van der Waals surface area contributed by atoms with Crippen molar-refractivity contribution in [1.29, 1.82) is 0 Å². The molecule has 0 fully saturated rings. The van der Waals surface area contributed by atoms with E-state index in [1.54, 1.807) is 25.3 Å². The molecular weight excluding hydrogens is 264 g/mol. The predicted molar refractivity (Wildman–Crippen MR) is 76.6 cm³/mol. The topological polar surface area (TPSA) is 61.3 Å². The van der Waals surface area contributed by atoms with Gasteiger partial charge < -0.3 is 15.0 Å². The highest BCUT2D eigenvalue weighted by atomic mass is 35.5. The van der Waals surface area contributed by atoms with Gasteiger partial charge in [-0.15, -0.1) is 0 Å². The summed E-state index contributed by atoms with van der Waals surface area (Å²) in [5.74, 6) is 0.954. The summed E-state index contributed by atoms with van der Waals surface area (Å²) in [5.41, 5.74) is 8.04. The second-order valence-corrected chi connectivity index (χ2v) is 5.80. The Balaban J connectivity index is 2.72. The molecule has 0 spiro atoms. The van der Waals surface area contributed by atoms with Crippen LogP contribution in [-0.2, 0) is 5.41 Å². The molecule has 1 aromatic heterocycles. The fourth-order valence-electron chi connectivity index (χ4n) is 1.95. The molecule has 0 aliphatic carbocycles. The Morgan fingerprint density at radius 3 is 2.58 bits per heavy atom. The van der Waals surface area contributed by atoms with Crippen LogP contribution in [-0.4, -0.2) is 12.3 Å². The number of ether oxygens (including phenoxy) is 1. The summed E-state index contributed by atoms with van der Waals surface area (Å²) in [7, 11) is 1.60. The number of anilines is 1. The molecule has 5 heteroatoms. The number of rotatable bonds is 2. The lowest BCUT2D eigenvalue weighted by Crippen LogP contribution is -2.13. The first-order valence-electron chi connectivity index (χ1n) is 5.94. The van der Waals surface area contributed by atoms with Crippen molar-refractivity contribution in [3.8, 4) is 16.9 Å². The molecule has 0 radical (unpaired) electrons. The van der Waals surface area contributed by atoms with E-state index in [0.717, 1.165) is 16.8 Å². The van der Waals surface area contributed by atoms with Crippen molar-refractivity contribution in [3.05, 3.63) is 28.9 Å². The predicted octanol–water partition coefficient (Wildman–Crippen LogP) is 3.88. The molecule has 19 heavy (non-hydrogen) atoms. The maximum absolute atomic E-state index is 6.06. The molecule has 1 heterocycles. The summed E-state index contributed by atoms with van der Waals surface area (Å²) in [6.45, 7) is 6.14. The van der Waals surface area contributed by atoms with E-state index in [1.807, 2.05) is 20.8 Å². The van der Waals surface area contributed by atoms with Crippen molar-refractivity contribution in [2.24, 2.45) is 0 Å². The highest BCUT2D eigenvalue weighted by Gasteiger charge is 2.27. The quantitative estimate of drug-likeness (QED) is 0.907. The number of nitrogens with two attached hydrogens (primary N) is 1. The van der Waals surface area contributed by atoms with Gasteiger partial charge in [0.2, 0.25) is 5.88 Å². The van der Waals surface area contributed by atoms with Crippen LogP contribution in [0.1, 0.15) is 26.5 Å². The van der Waals surface area contributed by atoms with E-state index in [2.05, 4.69) is 5.16 Å². The van der Waals surface area contributed by atoms with Crippen LogP contribution in [0.3, 0.4) is 0 Å². The van der Waals surface area contributed by atoms with Crippen LogP contribution >= 0.6 is 11.6 Å². The molecule has 2 rings (SSSR count). The fraction of sp³-hybridized carbons (Fsp3) is 0.357. The van der Waals surface area contributed by atoms with E-state index in [1.165, 1.54) is 0 Å². The van der Waals surface area contributed by atoms with Crippen LogP contribution in [0.2, 0.25) is 5.02 Å². The number of halogens is 1. The second-order valence-electron chi connectivity index (χ2n) is 5.37. The summed E-state index contributed by atoms with van der Waals surface area (Å²) in [6, 6.07) is 5.37. The van der Waals surface area contributed by atoms with Crippen molar-refractivity contribution in [3.63, 3.8) is 0 Å². The first kappa shape index (κ1) is 13.7. The maximum atomic E-state index is 6.06. The van der Waals surface area contributed by atoms with Crippen LogP contribution in [0, 0.1) is 0 Å². The van der Waals surface area contributed by atoms with E-state index in [9.17, 15) is 0 Å². The second kappa shape index (κ2) is 4.78. The molecule has 0 unspecified atom stereocenters. The molecule has 2 N–H and O–H groups in total. The van der Waals surface area contributed by atoms with Crippen molar-refractivity contribution in [2.45, 2.75) is 26.2 Å². The SMILES string of the molecule is COc1ccc(Cl)cc1-c1c(C(C)(C)C)noc1N. The first-order chi connectivity index (χ1) is 8.84. The van der Waals surface area contributed by atoms with Gasteiger partial charge in [0, 0.05) is 16.0 Å². The average molecular weight is 281 g/mol. The van der Waals surface area contributed by atoms with Crippen molar-refractivity contribution < 1.29 is 9.26 Å². The third-order valence-electron chi connectivity index (χ3n) is 2.86. The zero-order valence-corrected chi connectivity index (χ0v) is 12.2. The summed E-state index contributed by atoms with van der Waals surface area (Å²) >= 11 is 6.06. The van der Waals surface area contributed by atoms with Gasteiger partial charge in [0.15, 0.2) is 0 Å². The van der Waals surface area contributed by atoms with Crippen LogP contribution < -0.4 is 10.5 Å². The summed E-state index contributed by atoms with van der Waals surface area (Å²) in [6.07, 6.45) is 0. The van der Waals surface area contributed by atoms with E-state index in [4.69, 9.17) is 26.6 Å². The number of aromatic nitrogens is 1. The molecule has 0 aliphatic rings. The highest BCUT2D eigenvalue weighted by molar-refractivity contribution is 6.31. The molecule has 0 bridgehead atoms. The lowest BCUT2D eigenvalue weighted by molar-refractivity contribution is 0.405. The zero-order chi connectivity index (χ0) is 14.2. The molecule has 2 aromatic rings. The van der Waals surface area contributed by atoms with Crippen LogP contribution in [0.25, 0.3) is 11.1 Å². The third kappa shape index (κ3) is 2.54. The van der Waals surface area contributed by atoms with Crippen LogP contribution in [0.5, 0.6) is 5.75 Å². The monoisotopic (exact) mass is 280 g/mol. The maximum Gasteiger partial charge on any atom is 0.230 e. The van der Waals surface area contributed by atoms with Gasteiger partial charge in [0.25, 0.3) is 0 Å². The number of methoxy groups -OCH3 is 1. The van der Waals surface area contributed by atoms with Gasteiger partial charge in [-0.3, -0.25) is 0 Å². The van der Waals surface area contributed by atoms with Crippen LogP contribution in [0.4, 0.5) is 5.88 Å². The Hall–Kier alpha value is -1.68. The molecule has 4 nitrogen and oxygen atoms in total. The normalized spacial score (nSPS) is 11.6. The van der Waals surface area contributed by atoms with Gasteiger partial charge in [0.05, 0.1) is 18.4 Å². The van der Waals surface area contributed by atoms with E-state index >= 15 is 0 Å². The molecule has 0 atom stereocenters. The zero-order valence-electron chi connectivity index (χ0n) is 11.5. The Bertz CT molecular complexity index is 600. The summed E-state index contributed by atoms with van der Waals surface area (Å²) in [4.78, 5) is 0. The van der Waals surface area contributed by atoms with Gasteiger partial charge in [-0.2, -0.15) is 0 Å². The van der Waals surface area contributed by atoms with Gasteiger partial charge in [-0.25, -0.2) is 0 Å². The molecular formula is C14H17ClN2O2. The van der Waals surface area contributed by atoms with Crippen molar-refractivity contribution in [2.75, 3.05) is 12.8 Å². The van der Waals surface area contributed by atoms with Crippen molar-refractivity contribution in [1.82, 2.24) is 5.16 Å². The molecule has 0 aliphatic heterocycles. The molecule has 102 valence electrons. The van der Waals surface area contributed by atoms with E-state index < -0.39 is 0 Å². The summed E-state index contributed by atoms with van der Waals surface area (Å²) < 4.78 is 10.5. The van der Waals surface area contributed by atoms with Gasteiger partial charge in [0.1, 0.15) is 5.75 Å². The average Bonchev–Trinajstić information content (AvgIpc) is 2.70. The molecule has 0 amide bonds. The number of nitrogens with zero attached hydrogens (tertiary/aromatic N) is 1. The highest BCUT2D eigenvalue weighted by Crippen LogP contribution is 2.41. The minimum absolute atomic E-state index is 0.191. The minimum Gasteiger partial charge on any atom is -0.496 e. The third-order valence-corrected chi connectivity index (χ3v) is 3.09. The van der Waals surface area contributed by atoms with Crippen molar-refractivity contribution >= 4 is 17.5 Å². The van der Waals surface area contributed by atoms with Crippen LogP contribution in [0.15, 0.2) is 22.7 Å². The Labute approximate surface area is 117 Å².